The summed E-state index contributed by atoms with van der Waals surface area (Å²) in [4.78, 5) is 0. The Hall–Kier alpha value is -1.20. The molecule has 2 aromatic rings. The molecule has 17 heavy (non-hydrogen) atoms. The van der Waals surface area contributed by atoms with Crippen LogP contribution in [-0.4, -0.2) is 21.3 Å². The molecule has 90 valence electrons. The third kappa shape index (κ3) is 2.00. The Labute approximate surface area is 105 Å². The van der Waals surface area contributed by atoms with E-state index in [1.54, 1.807) is 11.3 Å². The maximum Gasteiger partial charge on any atom is 0.150 e. The fourth-order valence-corrected chi connectivity index (χ4v) is 2.99. The van der Waals surface area contributed by atoms with Crippen LogP contribution in [0.4, 0.5) is 0 Å². The van der Waals surface area contributed by atoms with Gasteiger partial charge in [0.15, 0.2) is 0 Å². The van der Waals surface area contributed by atoms with Crippen molar-refractivity contribution in [1.82, 2.24) is 20.1 Å². The molecule has 3 heterocycles. The third-order valence-corrected chi connectivity index (χ3v) is 3.98. The fourth-order valence-electron chi connectivity index (χ4n) is 2.33. The van der Waals surface area contributed by atoms with Crippen molar-refractivity contribution in [3.05, 3.63) is 34.0 Å². The van der Waals surface area contributed by atoms with Crippen LogP contribution < -0.4 is 5.32 Å². The lowest BCUT2D eigenvalue weighted by Crippen LogP contribution is -2.33. The van der Waals surface area contributed by atoms with Crippen LogP contribution in [0, 0.1) is 0 Å². The van der Waals surface area contributed by atoms with E-state index in [1.807, 2.05) is 0 Å². The van der Waals surface area contributed by atoms with Gasteiger partial charge in [-0.1, -0.05) is 6.92 Å². The van der Waals surface area contributed by atoms with Crippen LogP contribution in [0.2, 0.25) is 0 Å². The summed E-state index contributed by atoms with van der Waals surface area (Å²) in [5.74, 6) is 2.20. The van der Waals surface area contributed by atoms with E-state index in [0.717, 1.165) is 37.6 Å². The van der Waals surface area contributed by atoms with Gasteiger partial charge in [-0.25, -0.2) is 0 Å². The summed E-state index contributed by atoms with van der Waals surface area (Å²) >= 11 is 1.73. The summed E-state index contributed by atoms with van der Waals surface area (Å²) < 4.78 is 2.28. The highest BCUT2D eigenvalue weighted by atomic mass is 32.1. The zero-order valence-corrected chi connectivity index (χ0v) is 10.7. The number of fused-ring (bicyclic) bond motifs is 1. The fraction of sp³-hybridized carbons (Fsp3) is 0.500. The average Bonchev–Trinajstić information content (AvgIpc) is 2.99. The number of thiophene rings is 1. The van der Waals surface area contributed by atoms with E-state index in [1.165, 1.54) is 5.56 Å². The van der Waals surface area contributed by atoms with Crippen molar-refractivity contribution in [2.75, 3.05) is 6.54 Å². The maximum atomic E-state index is 4.35. The molecule has 1 N–H and O–H groups in total. The van der Waals surface area contributed by atoms with Crippen molar-refractivity contribution < 1.29 is 0 Å². The number of rotatable bonds is 3. The van der Waals surface area contributed by atoms with E-state index in [-0.39, 0.29) is 0 Å². The highest BCUT2D eigenvalue weighted by molar-refractivity contribution is 7.07. The van der Waals surface area contributed by atoms with Crippen molar-refractivity contribution in [1.29, 1.82) is 0 Å². The first-order valence-corrected chi connectivity index (χ1v) is 6.99. The zero-order chi connectivity index (χ0) is 11.7. The Morgan fingerprint density at radius 1 is 1.53 bits per heavy atom. The molecule has 1 aliphatic heterocycles. The quantitative estimate of drug-likeness (QED) is 0.903. The highest BCUT2D eigenvalue weighted by Crippen LogP contribution is 2.21. The molecule has 1 aliphatic rings. The molecule has 1 atom stereocenters. The number of nitrogens with zero attached hydrogens (tertiary/aromatic N) is 3. The second-order valence-corrected chi connectivity index (χ2v) is 5.13. The first-order valence-electron chi connectivity index (χ1n) is 6.05. The summed E-state index contributed by atoms with van der Waals surface area (Å²) in [6.45, 7) is 4.18. The van der Waals surface area contributed by atoms with Gasteiger partial charge in [-0.15, -0.1) is 10.2 Å². The Morgan fingerprint density at radius 3 is 3.24 bits per heavy atom. The third-order valence-electron chi connectivity index (χ3n) is 3.24. The van der Waals surface area contributed by atoms with Crippen LogP contribution in [0.1, 0.15) is 36.6 Å². The lowest BCUT2D eigenvalue weighted by atomic mass is 10.1. The first-order chi connectivity index (χ1) is 8.38. The van der Waals surface area contributed by atoms with Gasteiger partial charge in [0.05, 0.1) is 6.04 Å². The van der Waals surface area contributed by atoms with E-state index in [2.05, 4.69) is 43.8 Å². The minimum atomic E-state index is 0.368. The molecule has 0 radical (unpaired) electrons. The Morgan fingerprint density at radius 2 is 2.47 bits per heavy atom. The Balaban J connectivity index is 1.89. The van der Waals surface area contributed by atoms with E-state index >= 15 is 0 Å². The second-order valence-electron chi connectivity index (χ2n) is 4.35. The molecule has 0 saturated carbocycles. The van der Waals surface area contributed by atoms with Crippen molar-refractivity contribution in [3.8, 4) is 0 Å². The molecule has 0 fully saturated rings. The summed E-state index contributed by atoms with van der Waals surface area (Å²) in [6, 6.07) is 2.53. The molecule has 2 aromatic heterocycles. The van der Waals surface area contributed by atoms with Crippen LogP contribution in [0.5, 0.6) is 0 Å². The molecule has 0 spiro atoms. The Kier molecular flexibility index (Phi) is 2.94. The van der Waals surface area contributed by atoms with Gasteiger partial charge in [-0.3, -0.25) is 0 Å². The summed E-state index contributed by atoms with van der Waals surface area (Å²) in [7, 11) is 0. The SMILES string of the molecule is CCC1NCCn2c(Cc3ccsc3)nnc21. The van der Waals surface area contributed by atoms with E-state index in [0.29, 0.717) is 6.04 Å². The number of nitrogens with one attached hydrogen (secondary N) is 1. The number of hydrogen-bond donors (Lipinski definition) is 1. The van der Waals surface area contributed by atoms with E-state index in [9.17, 15) is 0 Å². The lowest BCUT2D eigenvalue weighted by Gasteiger charge is -2.23. The smallest absolute Gasteiger partial charge is 0.150 e. The molecule has 0 amide bonds. The van der Waals surface area contributed by atoms with Crippen LogP contribution >= 0.6 is 11.3 Å². The summed E-state index contributed by atoms with van der Waals surface area (Å²) in [6.07, 6.45) is 1.96. The molecule has 1 unspecified atom stereocenters. The maximum absolute atomic E-state index is 4.35. The monoisotopic (exact) mass is 248 g/mol. The van der Waals surface area contributed by atoms with Gasteiger partial charge in [0.2, 0.25) is 0 Å². The Bertz CT molecular complexity index is 489. The molecule has 0 saturated heterocycles. The van der Waals surface area contributed by atoms with E-state index < -0.39 is 0 Å². The molecule has 0 aliphatic carbocycles. The minimum Gasteiger partial charge on any atom is -0.312 e. The van der Waals surface area contributed by atoms with Gasteiger partial charge in [-0.05, 0) is 28.8 Å². The molecule has 3 rings (SSSR count). The molecular weight excluding hydrogens is 232 g/mol. The largest absolute Gasteiger partial charge is 0.312 e. The predicted molar refractivity (Wildman–Crippen MR) is 68.2 cm³/mol. The number of aromatic nitrogens is 3. The topological polar surface area (TPSA) is 42.7 Å². The second kappa shape index (κ2) is 4.58. The molecule has 0 aromatic carbocycles. The van der Waals surface area contributed by atoms with Gasteiger partial charge >= 0.3 is 0 Å². The average molecular weight is 248 g/mol. The van der Waals surface area contributed by atoms with Crippen molar-refractivity contribution in [2.24, 2.45) is 0 Å². The molecule has 5 heteroatoms. The van der Waals surface area contributed by atoms with Gasteiger partial charge in [-0.2, -0.15) is 11.3 Å². The van der Waals surface area contributed by atoms with E-state index in [4.69, 9.17) is 0 Å². The lowest BCUT2D eigenvalue weighted by molar-refractivity contribution is 0.401. The minimum absolute atomic E-state index is 0.368. The van der Waals surface area contributed by atoms with Crippen LogP contribution in [-0.2, 0) is 13.0 Å². The molecular formula is C12H16N4S. The zero-order valence-electron chi connectivity index (χ0n) is 9.89. The van der Waals surface area contributed by atoms with Crippen molar-refractivity contribution in [2.45, 2.75) is 32.4 Å². The first kappa shape index (κ1) is 10.9. The van der Waals surface area contributed by atoms with Gasteiger partial charge in [0.1, 0.15) is 11.6 Å². The van der Waals surface area contributed by atoms with Crippen LogP contribution in [0.15, 0.2) is 16.8 Å². The highest BCUT2D eigenvalue weighted by Gasteiger charge is 2.23. The molecule has 4 nitrogen and oxygen atoms in total. The number of hydrogen-bond acceptors (Lipinski definition) is 4. The normalized spacial score (nSPS) is 19.2. The van der Waals surface area contributed by atoms with Crippen molar-refractivity contribution >= 4 is 11.3 Å². The van der Waals surface area contributed by atoms with Crippen LogP contribution in [0.25, 0.3) is 0 Å². The van der Waals surface area contributed by atoms with Gasteiger partial charge in [0.25, 0.3) is 0 Å². The van der Waals surface area contributed by atoms with Crippen molar-refractivity contribution in [3.63, 3.8) is 0 Å². The standard InChI is InChI=1S/C12H16N4S/c1-2-10-12-15-14-11(16(12)5-4-13-10)7-9-3-6-17-8-9/h3,6,8,10,13H,2,4-5,7H2,1H3. The van der Waals surface area contributed by atoms with Gasteiger partial charge in [0, 0.05) is 19.5 Å². The summed E-state index contributed by atoms with van der Waals surface area (Å²) in [5, 5.41) is 16.5. The predicted octanol–water partition coefficient (Wildman–Crippen LogP) is 1.98. The summed E-state index contributed by atoms with van der Waals surface area (Å²) in [5.41, 5.74) is 1.33. The molecule has 0 bridgehead atoms. The van der Waals surface area contributed by atoms with Crippen LogP contribution in [0.3, 0.4) is 0 Å². The van der Waals surface area contributed by atoms with Gasteiger partial charge < -0.3 is 9.88 Å².